The van der Waals surface area contributed by atoms with E-state index in [0.717, 1.165) is 16.5 Å². The van der Waals surface area contributed by atoms with Crippen molar-refractivity contribution >= 4 is 28.4 Å². The molecule has 7 nitrogen and oxygen atoms in total. The zero-order chi connectivity index (χ0) is 24.8. The van der Waals surface area contributed by atoms with Crippen LogP contribution in [-0.2, 0) is 24.7 Å². The zero-order valence-electron chi connectivity index (χ0n) is 20.4. The van der Waals surface area contributed by atoms with Gasteiger partial charge < -0.3 is 19.4 Å². The normalized spacial score (nSPS) is 11.9. The van der Waals surface area contributed by atoms with Gasteiger partial charge in [-0.25, -0.2) is 0 Å². The van der Waals surface area contributed by atoms with Crippen molar-refractivity contribution in [3.05, 3.63) is 77.6 Å². The van der Waals surface area contributed by atoms with Crippen LogP contribution in [0.15, 0.2) is 65.8 Å². The Bertz CT molecular complexity index is 1320. The molecular formula is C27H30N4O3S. The van der Waals surface area contributed by atoms with E-state index in [-0.39, 0.29) is 11.2 Å². The molecule has 1 heterocycles. The van der Waals surface area contributed by atoms with Crippen LogP contribution in [0, 0.1) is 0 Å². The number of ether oxygens (including phenoxy) is 2. The Balaban J connectivity index is 1.33. The van der Waals surface area contributed by atoms with Gasteiger partial charge in [-0.1, -0.05) is 60.3 Å². The highest BCUT2D eigenvalue weighted by molar-refractivity contribution is 8.00. The molecule has 4 aromatic rings. The Morgan fingerprint density at radius 1 is 1.03 bits per heavy atom. The van der Waals surface area contributed by atoms with Crippen LogP contribution in [0.4, 0.5) is 0 Å². The Labute approximate surface area is 209 Å². The highest BCUT2D eigenvalue weighted by Crippen LogP contribution is 2.28. The van der Waals surface area contributed by atoms with Gasteiger partial charge in [-0.15, -0.1) is 10.2 Å². The summed E-state index contributed by atoms with van der Waals surface area (Å²) in [4.78, 5) is 12.7. The fraction of sp³-hybridized carbons (Fsp3) is 0.296. The summed E-state index contributed by atoms with van der Waals surface area (Å²) in [5.74, 6) is 2.20. The number of hydrogen-bond acceptors (Lipinski definition) is 6. The first kappa shape index (κ1) is 24.6. The maximum Gasteiger partial charge on any atom is 0.233 e. The first-order valence-electron chi connectivity index (χ1n) is 11.5. The molecule has 0 saturated heterocycles. The largest absolute Gasteiger partial charge is 0.493 e. The Hall–Kier alpha value is -3.52. The van der Waals surface area contributed by atoms with E-state index in [9.17, 15) is 4.79 Å². The zero-order valence-corrected chi connectivity index (χ0v) is 21.3. The number of methoxy groups -OCH3 is 2. The molecule has 1 N–H and O–H groups in total. The predicted octanol–water partition coefficient (Wildman–Crippen LogP) is 4.42. The minimum Gasteiger partial charge on any atom is -0.493 e. The van der Waals surface area contributed by atoms with Crippen LogP contribution in [-0.4, -0.2) is 46.7 Å². The van der Waals surface area contributed by atoms with Crippen LogP contribution in [0.5, 0.6) is 11.5 Å². The lowest BCUT2D eigenvalue weighted by Crippen LogP contribution is -2.32. The summed E-state index contributed by atoms with van der Waals surface area (Å²) >= 11 is 1.41. The molecule has 0 bridgehead atoms. The Kier molecular flexibility index (Phi) is 7.92. The second-order valence-electron chi connectivity index (χ2n) is 8.26. The quantitative estimate of drug-likeness (QED) is 0.332. The molecule has 0 spiro atoms. The first-order valence-corrected chi connectivity index (χ1v) is 12.4. The van der Waals surface area contributed by atoms with E-state index in [2.05, 4.69) is 51.9 Å². The Morgan fingerprint density at radius 2 is 1.80 bits per heavy atom. The summed E-state index contributed by atoms with van der Waals surface area (Å²) < 4.78 is 12.6. The van der Waals surface area contributed by atoms with E-state index in [4.69, 9.17) is 9.47 Å². The van der Waals surface area contributed by atoms with E-state index < -0.39 is 0 Å². The van der Waals surface area contributed by atoms with Gasteiger partial charge in [0.2, 0.25) is 5.91 Å². The lowest BCUT2D eigenvalue weighted by atomic mass is 10.0. The summed E-state index contributed by atoms with van der Waals surface area (Å²) in [7, 11) is 5.17. The molecule has 0 radical (unpaired) electrons. The number of carbonyl (C=O) groups excluding carboxylic acids is 1. The van der Waals surface area contributed by atoms with E-state index in [0.29, 0.717) is 30.9 Å². The molecule has 1 atom stereocenters. The van der Waals surface area contributed by atoms with Gasteiger partial charge in [0, 0.05) is 20.0 Å². The maximum atomic E-state index is 12.7. The molecule has 0 fully saturated rings. The fourth-order valence-electron chi connectivity index (χ4n) is 3.94. The molecule has 1 amide bonds. The van der Waals surface area contributed by atoms with E-state index in [1.54, 1.807) is 14.2 Å². The monoisotopic (exact) mass is 490 g/mol. The standard InChI is InChI=1S/C27H30N4O3S/c1-18(26(32)28-15-14-19-12-13-23(33-3)24(16-19)34-4)35-27-30-29-25(31(27)2)17-21-10-7-9-20-8-5-6-11-22(20)21/h5-13,16,18H,14-15,17H2,1-4H3,(H,28,32)/t18-/m1/s1. The molecule has 1 aromatic heterocycles. The summed E-state index contributed by atoms with van der Waals surface area (Å²) in [6.07, 6.45) is 1.37. The van der Waals surface area contributed by atoms with Crippen molar-refractivity contribution in [3.63, 3.8) is 0 Å². The van der Waals surface area contributed by atoms with E-state index in [1.165, 1.54) is 28.1 Å². The fourth-order valence-corrected chi connectivity index (χ4v) is 4.80. The third-order valence-corrected chi connectivity index (χ3v) is 7.10. The second-order valence-corrected chi connectivity index (χ2v) is 9.57. The minimum absolute atomic E-state index is 0.0333. The Morgan fingerprint density at radius 3 is 2.60 bits per heavy atom. The third-order valence-electron chi connectivity index (χ3n) is 5.97. The molecule has 8 heteroatoms. The number of aromatic nitrogens is 3. The number of rotatable bonds is 10. The molecule has 0 aliphatic carbocycles. The van der Waals surface area contributed by atoms with Crippen LogP contribution in [0.25, 0.3) is 10.8 Å². The van der Waals surface area contributed by atoms with Crippen molar-refractivity contribution in [3.8, 4) is 11.5 Å². The average Bonchev–Trinajstić information content (AvgIpc) is 3.22. The van der Waals surface area contributed by atoms with Gasteiger partial charge in [-0.3, -0.25) is 4.79 Å². The average molecular weight is 491 g/mol. The van der Waals surface area contributed by atoms with Gasteiger partial charge >= 0.3 is 0 Å². The number of carbonyl (C=O) groups is 1. The van der Waals surface area contributed by atoms with Crippen molar-refractivity contribution < 1.29 is 14.3 Å². The van der Waals surface area contributed by atoms with Crippen LogP contribution in [0.3, 0.4) is 0 Å². The van der Waals surface area contributed by atoms with Gasteiger partial charge in [-0.05, 0) is 47.4 Å². The molecule has 35 heavy (non-hydrogen) atoms. The topological polar surface area (TPSA) is 78.3 Å². The first-order chi connectivity index (χ1) is 17.0. The highest BCUT2D eigenvalue weighted by atomic mass is 32.2. The smallest absolute Gasteiger partial charge is 0.233 e. The molecule has 182 valence electrons. The lowest BCUT2D eigenvalue weighted by Gasteiger charge is -2.13. The lowest BCUT2D eigenvalue weighted by molar-refractivity contribution is -0.120. The SMILES string of the molecule is COc1ccc(CCNC(=O)[C@@H](C)Sc2nnc(Cc3cccc4ccccc34)n2C)cc1OC. The summed E-state index contributed by atoms with van der Waals surface area (Å²) in [5, 5.41) is 14.6. The summed E-state index contributed by atoms with van der Waals surface area (Å²) in [5.41, 5.74) is 2.27. The number of thioether (sulfide) groups is 1. The van der Waals surface area contributed by atoms with Crippen LogP contribution in [0.1, 0.15) is 23.9 Å². The van der Waals surface area contributed by atoms with Crippen LogP contribution in [0.2, 0.25) is 0 Å². The molecule has 0 aliphatic rings. The summed E-state index contributed by atoms with van der Waals surface area (Å²) in [6.45, 7) is 2.42. The van der Waals surface area contributed by atoms with Gasteiger partial charge in [0.1, 0.15) is 5.82 Å². The third kappa shape index (κ3) is 5.77. The van der Waals surface area contributed by atoms with Gasteiger partial charge in [-0.2, -0.15) is 0 Å². The molecule has 4 rings (SSSR count). The van der Waals surface area contributed by atoms with Crippen molar-refractivity contribution in [1.82, 2.24) is 20.1 Å². The summed E-state index contributed by atoms with van der Waals surface area (Å²) in [6, 6.07) is 20.4. The van der Waals surface area contributed by atoms with E-state index in [1.807, 2.05) is 42.8 Å². The number of nitrogens with zero attached hydrogens (tertiary/aromatic N) is 3. The molecular weight excluding hydrogens is 460 g/mol. The second kappa shape index (κ2) is 11.3. The molecule has 0 unspecified atom stereocenters. The predicted molar refractivity (Wildman–Crippen MR) is 139 cm³/mol. The number of nitrogens with one attached hydrogen (secondary N) is 1. The molecule has 0 saturated carbocycles. The van der Waals surface area contributed by atoms with Gasteiger partial charge in [0.25, 0.3) is 0 Å². The van der Waals surface area contributed by atoms with Crippen molar-refractivity contribution in [1.29, 1.82) is 0 Å². The number of hydrogen-bond donors (Lipinski definition) is 1. The molecule has 3 aromatic carbocycles. The number of amides is 1. The van der Waals surface area contributed by atoms with Crippen molar-refractivity contribution in [2.24, 2.45) is 7.05 Å². The minimum atomic E-state index is -0.297. The van der Waals surface area contributed by atoms with Crippen LogP contribution >= 0.6 is 11.8 Å². The van der Waals surface area contributed by atoms with Gasteiger partial charge in [0.15, 0.2) is 16.7 Å². The number of benzene rings is 3. The highest BCUT2D eigenvalue weighted by Gasteiger charge is 2.19. The van der Waals surface area contributed by atoms with E-state index >= 15 is 0 Å². The van der Waals surface area contributed by atoms with Crippen molar-refractivity contribution in [2.45, 2.75) is 30.2 Å². The molecule has 0 aliphatic heterocycles. The van der Waals surface area contributed by atoms with Gasteiger partial charge in [0.05, 0.1) is 19.5 Å². The van der Waals surface area contributed by atoms with Crippen LogP contribution < -0.4 is 14.8 Å². The van der Waals surface area contributed by atoms with Crippen molar-refractivity contribution in [2.75, 3.05) is 20.8 Å². The number of fused-ring (bicyclic) bond motifs is 1. The maximum absolute atomic E-state index is 12.7.